The topological polar surface area (TPSA) is 16.4 Å². The number of nitrogens with zero attached hydrogens (tertiary/aromatic N) is 1. The summed E-state index contributed by atoms with van der Waals surface area (Å²) in [5.41, 5.74) is 14.5. The minimum Gasteiger partial charge on any atom is -0.456 e. The second kappa shape index (κ2) is 14.1. The van der Waals surface area contributed by atoms with E-state index in [0.717, 1.165) is 66.8 Å². The summed E-state index contributed by atoms with van der Waals surface area (Å²) in [6.45, 7) is 0. The number of fused-ring (bicyclic) bond motifs is 5. The lowest BCUT2D eigenvalue weighted by atomic mass is 9.95. The van der Waals surface area contributed by atoms with Gasteiger partial charge in [0.2, 0.25) is 0 Å². The molecular formula is C56H37NO. The van der Waals surface area contributed by atoms with E-state index < -0.39 is 0 Å². The molecule has 10 aromatic carbocycles. The predicted molar refractivity (Wildman–Crippen MR) is 245 cm³/mol. The third kappa shape index (κ3) is 6.00. The smallest absolute Gasteiger partial charge is 0.135 e. The number of benzene rings is 10. The Morgan fingerprint density at radius 3 is 1.64 bits per heavy atom. The second-order valence-corrected chi connectivity index (χ2v) is 14.9. The van der Waals surface area contributed by atoms with E-state index >= 15 is 0 Å². The quantitative estimate of drug-likeness (QED) is 0.162. The molecule has 0 saturated heterocycles. The highest BCUT2D eigenvalue weighted by atomic mass is 16.3. The lowest BCUT2D eigenvalue weighted by Crippen LogP contribution is -2.11. The van der Waals surface area contributed by atoms with Gasteiger partial charge in [-0.1, -0.05) is 170 Å². The normalized spacial score (nSPS) is 11.4. The molecule has 1 heterocycles. The van der Waals surface area contributed by atoms with Crippen molar-refractivity contribution in [2.45, 2.75) is 0 Å². The van der Waals surface area contributed by atoms with Gasteiger partial charge in [0.05, 0.1) is 5.69 Å². The van der Waals surface area contributed by atoms with Crippen molar-refractivity contribution < 1.29 is 4.42 Å². The van der Waals surface area contributed by atoms with Crippen LogP contribution in [0.5, 0.6) is 0 Å². The zero-order valence-electron chi connectivity index (χ0n) is 31.7. The summed E-state index contributed by atoms with van der Waals surface area (Å²) in [6, 6.07) is 80.9. The number of furan rings is 1. The molecule has 2 heteroatoms. The van der Waals surface area contributed by atoms with E-state index in [1.165, 1.54) is 38.2 Å². The molecule has 2 nitrogen and oxygen atoms in total. The molecule has 0 amide bonds. The molecule has 272 valence electrons. The Morgan fingerprint density at radius 1 is 0.276 bits per heavy atom. The largest absolute Gasteiger partial charge is 0.456 e. The van der Waals surface area contributed by atoms with Crippen molar-refractivity contribution in [3.63, 3.8) is 0 Å². The van der Waals surface area contributed by atoms with Gasteiger partial charge in [0.25, 0.3) is 0 Å². The molecule has 11 aromatic rings. The van der Waals surface area contributed by atoms with Crippen molar-refractivity contribution in [3.05, 3.63) is 224 Å². The van der Waals surface area contributed by atoms with Crippen LogP contribution < -0.4 is 4.90 Å². The first-order valence-electron chi connectivity index (χ1n) is 19.8. The maximum atomic E-state index is 6.15. The van der Waals surface area contributed by atoms with Gasteiger partial charge in [0.1, 0.15) is 11.2 Å². The van der Waals surface area contributed by atoms with Crippen LogP contribution in [0.25, 0.3) is 88.0 Å². The molecule has 0 saturated carbocycles. The van der Waals surface area contributed by atoms with Crippen molar-refractivity contribution in [2.75, 3.05) is 4.90 Å². The molecule has 0 atom stereocenters. The molecule has 0 unspecified atom stereocenters. The molecule has 0 spiro atoms. The van der Waals surface area contributed by atoms with E-state index in [4.69, 9.17) is 4.42 Å². The van der Waals surface area contributed by atoms with E-state index in [1.807, 2.05) is 12.1 Å². The van der Waals surface area contributed by atoms with Crippen LogP contribution in [0.15, 0.2) is 229 Å². The molecule has 58 heavy (non-hydrogen) atoms. The number of rotatable bonds is 7. The third-order valence-electron chi connectivity index (χ3n) is 11.5. The first kappa shape index (κ1) is 33.6. The summed E-state index contributed by atoms with van der Waals surface area (Å²) in [5, 5.41) is 7.22. The van der Waals surface area contributed by atoms with E-state index in [2.05, 4.69) is 217 Å². The Morgan fingerprint density at radius 2 is 0.828 bits per heavy atom. The van der Waals surface area contributed by atoms with Gasteiger partial charge in [-0.3, -0.25) is 0 Å². The average molecular weight is 740 g/mol. The minimum absolute atomic E-state index is 0.902. The SMILES string of the molecule is c1ccc(-c2ccc(-c3ccc4ccccc4c3)cc2N(c2ccc(-c3ccc4oc5ccccc5c4c3)cc2)c2ccc(-c3cccc4ccccc34)cc2)cc1. The van der Waals surface area contributed by atoms with Crippen molar-refractivity contribution >= 4 is 60.5 Å². The summed E-state index contributed by atoms with van der Waals surface area (Å²) in [5.74, 6) is 0. The maximum absolute atomic E-state index is 6.15. The van der Waals surface area contributed by atoms with Crippen molar-refractivity contribution in [2.24, 2.45) is 0 Å². The van der Waals surface area contributed by atoms with Gasteiger partial charge in [-0.25, -0.2) is 0 Å². The molecule has 0 bridgehead atoms. The van der Waals surface area contributed by atoms with Crippen molar-refractivity contribution in [1.29, 1.82) is 0 Å². The molecule has 1 aromatic heterocycles. The van der Waals surface area contributed by atoms with E-state index in [9.17, 15) is 0 Å². The first-order valence-corrected chi connectivity index (χ1v) is 19.8. The number of hydrogen-bond donors (Lipinski definition) is 0. The Labute approximate surface area is 337 Å². The van der Waals surface area contributed by atoms with Gasteiger partial charge < -0.3 is 9.32 Å². The monoisotopic (exact) mass is 739 g/mol. The van der Waals surface area contributed by atoms with E-state index in [-0.39, 0.29) is 0 Å². The van der Waals surface area contributed by atoms with Crippen LogP contribution in [-0.2, 0) is 0 Å². The fourth-order valence-corrected chi connectivity index (χ4v) is 8.53. The number of hydrogen-bond acceptors (Lipinski definition) is 2. The van der Waals surface area contributed by atoms with Crippen LogP contribution in [0.1, 0.15) is 0 Å². The minimum atomic E-state index is 0.902. The Hall–Kier alpha value is -7.68. The first-order chi connectivity index (χ1) is 28.7. The molecular weight excluding hydrogens is 703 g/mol. The molecule has 0 aliphatic carbocycles. The zero-order chi connectivity index (χ0) is 38.4. The highest BCUT2D eigenvalue weighted by molar-refractivity contribution is 6.06. The fraction of sp³-hybridized carbons (Fsp3) is 0. The lowest BCUT2D eigenvalue weighted by Gasteiger charge is -2.29. The molecule has 0 fully saturated rings. The van der Waals surface area contributed by atoms with Gasteiger partial charge in [-0.2, -0.15) is 0 Å². The summed E-state index contributed by atoms with van der Waals surface area (Å²) in [7, 11) is 0. The standard InChI is InChI=1S/C56H37NO/c1-2-12-41(13-3-1)51-33-27-46(44-22-21-38-11-4-5-15-43(38)35-44)37-54(51)57(48-31-25-42(26-32-48)50-19-10-16-40-14-6-7-17-49(40)50)47-29-23-39(24-30-47)45-28-34-56-53(36-45)52-18-8-9-20-55(52)58-56/h1-37H. The molecule has 11 rings (SSSR count). The highest BCUT2D eigenvalue weighted by Gasteiger charge is 2.20. The Bertz CT molecular complexity index is 3260. The van der Waals surface area contributed by atoms with Gasteiger partial charge in [0.15, 0.2) is 0 Å². The lowest BCUT2D eigenvalue weighted by molar-refractivity contribution is 0.669. The zero-order valence-corrected chi connectivity index (χ0v) is 31.7. The molecule has 0 aliphatic heterocycles. The van der Waals surface area contributed by atoms with Crippen LogP contribution in [-0.4, -0.2) is 0 Å². The molecule has 0 aliphatic rings. The fourth-order valence-electron chi connectivity index (χ4n) is 8.53. The Balaban J connectivity index is 1.08. The van der Waals surface area contributed by atoms with Gasteiger partial charge in [-0.15, -0.1) is 0 Å². The van der Waals surface area contributed by atoms with Crippen LogP contribution >= 0.6 is 0 Å². The van der Waals surface area contributed by atoms with Gasteiger partial charge >= 0.3 is 0 Å². The molecule has 0 radical (unpaired) electrons. The summed E-state index contributed by atoms with van der Waals surface area (Å²) in [6.07, 6.45) is 0. The van der Waals surface area contributed by atoms with E-state index in [1.54, 1.807) is 0 Å². The second-order valence-electron chi connectivity index (χ2n) is 14.9. The maximum Gasteiger partial charge on any atom is 0.135 e. The summed E-state index contributed by atoms with van der Waals surface area (Å²) in [4.78, 5) is 2.41. The number of anilines is 3. The van der Waals surface area contributed by atoms with E-state index in [0.29, 0.717) is 0 Å². The van der Waals surface area contributed by atoms with Crippen molar-refractivity contribution in [3.8, 4) is 44.5 Å². The summed E-state index contributed by atoms with van der Waals surface area (Å²) >= 11 is 0. The van der Waals surface area contributed by atoms with Gasteiger partial charge in [-0.05, 0) is 115 Å². The van der Waals surface area contributed by atoms with Gasteiger partial charge in [0, 0.05) is 27.7 Å². The van der Waals surface area contributed by atoms with Crippen LogP contribution in [0.2, 0.25) is 0 Å². The highest BCUT2D eigenvalue weighted by Crippen LogP contribution is 2.44. The van der Waals surface area contributed by atoms with Crippen LogP contribution in [0, 0.1) is 0 Å². The number of para-hydroxylation sites is 1. The average Bonchev–Trinajstić information content (AvgIpc) is 3.68. The predicted octanol–water partition coefficient (Wildman–Crippen LogP) is 16.0. The van der Waals surface area contributed by atoms with Crippen LogP contribution in [0.3, 0.4) is 0 Å². The summed E-state index contributed by atoms with van der Waals surface area (Å²) < 4.78 is 6.15. The third-order valence-corrected chi connectivity index (χ3v) is 11.5. The Kier molecular flexibility index (Phi) is 8.19. The van der Waals surface area contributed by atoms with Crippen LogP contribution in [0.4, 0.5) is 17.1 Å². The molecule has 0 N–H and O–H groups in total. The van der Waals surface area contributed by atoms with Crippen molar-refractivity contribution in [1.82, 2.24) is 0 Å².